The number of carboxylic acid groups (broad SMARTS) is 1. The van der Waals surface area contributed by atoms with Crippen LogP contribution in [0, 0.1) is 3.57 Å². The monoisotopic (exact) mass is 371 g/mol. The minimum Gasteiger partial charge on any atom is -0.475 e. The predicted octanol–water partition coefficient (Wildman–Crippen LogP) is 3.94. The lowest BCUT2D eigenvalue weighted by Gasteiger charge is -2.14. The van der Waals surface area contributed by atoms with E-state index in [1.807, 2.05) is 45.0 Å². The first-order chi connectivity index (χ1) is 8.80. The first-order valence-corrected chi connectivity index (χ1v) is 6.88. The molecule has 19 heavy (non-hydrogen) atoms. The van der Waals surface area contributed by atoms with Crippen molar-refractivity contribution in [3.05, 3.63) is 39.3 Å². The van der Waals surface area contributed by atoms with Crippen molar-refractivity contribution in [2.75, 3.05) is 0 Å². The van der Waals surface area contributed by atoms with Crippen molar-refractivity contribution in [3.63, 3.8) is 0 Å². The summed E-state index contributed by atoms with van der Waals surface area (Å²) >= 11 is 2.18. The van der Waals surface area contributed by atoms with Crippen molar-refractivity contribution < 1.29 is 14.3 Å². The highest BCUT2D eigenvalue weighted by molar-refractivity contribution is 14.1. The number of carbonyl (C=O) groups is 1. The molecule has 0 unspecified atom stereocenters. The zero-order valence-corrected chi connectivity index (χ0v) is 13.1. The number of aromatic carboxylic acids is 1. The smallest absolute Gasteiger partial charge is 0.373 e. The molecule has 0 atom stereocenters. The molecule has 1 aromatic carbocycles. The fourth-order valence-electron chi connectivity index (χ4n) is 1.72. The van der Waals surface area contributed by atoms with Gasteiger partial charge in [-0.3, -0.25) is 0 Å². The minimum absolute atomic E-state index is 0.0813. The van der Waals surface area contributed by atoms with Gasteiger partial charge in [-0.05, 0) is 34.7 Å². The lowest BCUT2D eigenvalue weighted by Crippen LogP contribution is -2.16. The van der Waals surface area contributed by atoms with E-state index in [9.17, 15) is 9.90 Å². The molecular weight excluding hydrogens is 357 g/mol. The van der Waals surface area contributed by atoms with Gasteiger partial charge in [0.15, 0.2) is 0 Å². The van der Waals surface area contributed by atoms with Crippen molar-refractivity contribution in [2.45, 2.75) is 26.2 Å². The van der Waals surface area contributed by atoms with Gasteiger partial charge in [0.25, 0.3) is 0 Å². The van der Waals surface area contributed by atoms with Gasteiger partial charge in [0.2, 0.25) is 11.7 Å². The second-order valence-corrected chi connectivity index (χ2v) is 6.39. The largest absolute Gasteiger partial charge is 0.475 e. The molecule has 0 aliphatic carbocycles. The molecular formula is C14H14INO3. The first kappa shape index (κ1) is 14.0. The van der Waals surface area contributed by atoms with E-state index in [1.165, 1.54) is 0 Å². The zero-order chi connectivity index (χ0) is 14.2. The van der Waals surface area contributed by atoms with Crippen molar-refractivity contribution in [2.24, 2.45) is 0 Å². The van der Waals surface area contributed by atoms with Crippen LogP contribution in [0.1, 0.15) is 37.0 Å². The molecule has 0 radical (unpaired) electrons. The fraction of sp³-hybridized carbons (Fsp3) is 0.286. The van der Waals surface area contributed by atoms with Gasteiger partial charge in [0, 0.05) is 8.99 Å². The molecule has 100 valence electrons. The molecule has 0 saturated heterocycles. The number of oxazole rings is 1. The molecule has 0 bridgehead atoms. The van der Waals surface area contributed by atoms with Gasteiger partial charge < -0.3 is 9.52 Å². The summed E-state index contributed by atoms with van der Waals surface area (Å²) in [5, 5.41) is 9.22. The second kappa shape index (κ2) is 4.96. The van der Waals surface area contributed by atoms with Gasteiger partial charge in [-0.25, -0.2) is 9.78 Å². The average Bonchev–Trinajstić information content (AvgIpc) is 2.74. The van der Waals surface area contributed by atoms with Crippen LogP contribution in [0.25, 0.3) is 11.5 Å². The highest BCUT2D eigenvalue weighted by Gasteiger charge is 2.29. The van der Waals surface area contributed by atoms with Crippen LogP contribution >= 0.6 is 22.6 Å². The Morgan fingerprint density at radius 3 is 2.42 bits per heavy atom. The molecule has 1 aromatic heterocycles. The maximum absolute atomic E-state index is 11.3. The quantitative estimate of drug-likeness (QED) is 0.813. The van der Waals surface area contributed by atoms with Crippen LogP contribution in [-0.4, -0.2) is 16.1 Å². The van der Waals surface area contributed by atoms with E-state index >= 15 is 0 Å². The number of hydrogen-bond acceptors (Lipinski definition) is 3. The molecule has 0 fully saturated rings. The number of hydrogen-bond donors (Lipinski definition) is 1. The Kier molecular flexibility index (Phi) is 3.66. The molecule has 0 aliphatic rings. The van der Waals surface area contributed by atoms with Crippen LogP contribution < -0.4 is 0 Å². The summed E-state index contributed by atoms with van der Waals surface area (Å²) in [6.45, 7) is 5.74. The van der Waals surface area contributed by atoms with Crippen molar-refractivity contribution >= 4 is 28.6 Å². The molecule has 4 nitrogen and oxygen atoms in total. The van der Waals surface area contributed by atoms with Crippen LogP contribution in [0.5, 0.6) is 0 Å². The number of aromatic nitrogens is 1. The Labute approximate surface area is 125 Å². The summed E-state index contributed by atoms with van der Waals surface area (Å²) in [6, 6.07) is 7.58. The third-order valence-corrected chi connectivity index (χ3v) is 3.58. The number of carboxylic acids is 1. The Morgan fingerprint density at radius 1 is 1.32 bits per heavy atom. The highest BCUT2D eigenvalue weighted by Crippen LogP contribution is 2.31. The molecule has 1 heterocycles. The summed E-state index contributed by atoms with van der Waals surface area (Å²) in [5.41, 5.74) is 0.895. The van der Waals surface area contributed by atoms with E-state index in [2.05, 4.69) is 27.6 Å². The maximum atomic E-state index is 11.3. The summed E-state index contributed by atoms with van der Waals surface area (Å²) < 4.78 is 6.43. The Balaban J connectivity index is 2.62. The molecule has 0 saturated carbocycles. The lowest BCUT2D eigenvalue weighted by atomic mass is 9.91. The van der Waals surface area contributed by atoms with Gasteiger partial charge in [0.1, 0.15) is 5.69 Å². The Hall–Kier alpha value is -1.37. The SMILES string of the molecule is CC(C)(C)c1nc(-c2ccccc2I)oc1C(=O)O. The van der Waals surface area contributed by atoms with Gasteiger partial charge in [-0.15, -0.1) is 0 Å². The van der Waals surface area contributed by atoms with Crippen LogP contribution in [0.3, 0.4) is 0 Å². The number of benzene rings is 1. The fourth-order valence-corrected chi connectivity index (χ4v) is 2.34. The van der Waals surface area contributed by atoms with E-state index in [0.717, 1.165) is 9.13 Å². The van der Waals surface area contributed by atoms with E-state index in [-0.39, 0.29) is 11.2 Å². The minimum atomic E-state index is -1.09. The molecule has 0 amide bonds. The maximum Gasteiger partial charge on any atom is 0.373 e. The van der Waals surface area contributed by atoms with Crippen LogP contribution in [0.2, 0.25) is 0 Å². The normalized spacial score (nSPS) is 11.6. The van der Waals surface area contributed by atoms with E-state index < -0.39 is 5.97 Å². The van der Waals surface area contributed by atoms with Gasteiger partial charge >= 0.3 is 5.97 Å². The second-order valence-electron chi connectivity index (χ2n) is 5.23. The predicted molar refractivity (Wildman–Crippen MR) is 80.3 cm³/mol. The highest BCUT2D eigenvalue weighted by atomic mass is 127. The molecule has 0 spiro atoms. The van der Waals surface area contributed by atoms with Crippen LogP contribution in [0.4, 0.5) is 0 Å². The molecule has 5 heteroatoms. The van der Waals surface area contributed by atoms with E-state index in [0.29, 0.717) is 11.6 Å². The van der Waals surface area contributed by atoms with Crippen molar-refractivity contribution in [1.82, 2.24) is 4.98 Å². The molecule has 2 rings (SSSR count). The number of halogens is 1. The summed E-state index contributed by atoms with van der Waals surface area (Å²) in [6.07, 6.45) is 0. The first-order valence-electron chi connectivity index (χ1n) is 5.80. The average molecular weight is 371 g/mol. The van der Waals surface area contributed by atoms with E-state index in [1.54, 1.807) is 0 Å². The van der Waals surface area contributed by atoms with Crippen LogP contribution in [-0.2, 0) is 5.41 Å². The third kappa shape index (κ3) is 2.80. The summed E-state index contributed by atoms with van der Waals surface area (Å²) in [5.74, 6) is -0.816. The molecule has 2 aromatic rings. The lowest BCUT2D eigenvalue weighted by molar-refractivity contribution is 0.0659. The van der Waals surface area contributed by atoms with E-state index in [4.69, 9.17) is 4.42 Å². The standard InChI is InChI=1S/C14H14INO3/c1-14(2,3)11-10(13(17)18)19-12(16-11)8-6-4-5-7-9(8)15/h4-7H,1-3H3,(H,17,18). The van der Waals surface area contributed by atoms with Crippen molar-refractivity contribution in [1.29, 1.82) is 0 Å². The summed E-state index contributed by atoms with van der Waals surface area (Å²) in [4.78, 5) is 15.6. The van der Waals surface area contributed by atoms with Crippen molar-refractivity contribution in [3.8, 4) is 11.5 Å². The van der Waals surface area contributed by atoms with Gasteiger partial charge in [-0.1, -0.05) is 32.9 Å². The van der Waals surface area contributed by atoms with Gasteiger partial charge in [-0.2, -0.15) is 0 Å². The Bertz CT molecular complexity index is 626. The summed E-state index contributed by atoms with van der Waals surface area (Å²) in [7, 11) is 0. The van der Waals surface area contributed by atoms with Gasteiger partial charge in [0.05, 0.1) is 5.56 Å². The Morgan fingerprint density at radius 2 is 1.95 bits per heavy atom. The number of rotatable bonds is 2. The zero-order valence-electron chi connectivity index (χ0n) is 10.9. The molecule has 0 aliphatic heterocycles. The van der Waals surface area contributed by atoms with Crippen LogP contribution in [0.15, 0.2) is 28.7 Å². The number of nitrogens with zero attached hydrogens (tertiary/aromatic N) is 1. The molecule has 1 N–H and O–H groups in total. The third-order valence-electron chi connectivity index (χ3n) is 2.64. The topological polar surface area (TPSA) is 63.3 Å².